The lowest BCUT2D eigenvalue weighted by Crippen LogP contribution is -2.27. The van der Waals surface area contributed by atoms with E-state index in [1.54, 1.807) is 49.9 Å². The summed E-state index contributed by atoms with van der Waals surface area (Å²) in [6, 6.07) is 7.03. The van der Waals surface area contributed by atoms with Gasteiger partial charge in [0, 0.05) is 30.3 Å². The summed E-state index contributed by atoms with van der Waals surface area (Å²) in [7, 11) is 0. The molecule has 0 aromatic heterocycles. The van der Waals surface area contributed by atoms with Crippen LogP contribution in [0.4, 0.5) is 16.2 Å². The summed E-state index contributed by atoms with van der Waals surface area (Å²) >= 11 is 0. The van der Waals surface area contributed by atoms with Crippen molar-refractivity contribution < 1.29 is 14.3 Å². The smallest absolute Gasteiger partial charge is 0.412 e. The van der Waals surface area contributed by atoms with E-state index in [1.165, 1.54) is 0 Å². The van der Waals surface area contributed by atoms with E-state index in [2.05, 4.69) is 11.2 Å². The molecule has 2 rings (SSSR count). The highest BCUT2D eigenvalue weighted by atomic mass is 16.6. The van der Waals surface area contributed by atoms with Crippen LogP contribution in [0.15, 0.2) is 24.3 Å². The number of anilines is 2. The highest BCUT2D eigenvalue weighted by molar-refractivity contribution is 5.96. The van der Waals surface area contributed by atoms with E-state index in [0.29, 0.717) is 18.7 Å². The van der Waals surface area contributed by atoms with E-state index in [1.807, 2.05) is 0 Å². The molecule has 2 amide bonds. The molecule has 0 saturated carbocycles. The molecule has 0 aliphatic carbocycles. The Labute approximate surface area is 130 Å². The van der Waals surface area contributed by atoms with Crippen LogP contribution in [0.25, 0.3) is 0 Å². The Bertz CT molecular complexity index is 608. The molecule has 1 aromatic rings. The molecule has 1 aliphatic rings. The van der Waals surface area contributed by atoms with Crippen LogP contribution >= 0.6 is 0 Å². The Balaban J connectivity index is 2.01. The van der Waals surface area contributed by atoms with Gasteiger partial charge in [-0.3, -0.25) is 10.1 Å². The Kier molecular flexibility index (Phi) is 4.41. The van der Waals surface area contributed by atoms with Crippen molar-refractivity contribution in [3.63, 3.8) is 0 Å². The minimum Gasteiger partial charge on any atom is -0.444 e. The molecule has 1 atom stereocenters. The molecular weight excluding hydrogens is 280 g/mol. The van der Waals surface area contributed by atoms with Crippen LogP contribution in [0.5, 0.6) is 0 Å². The minimum atomic E-state index is -0.545. The summed E-state index contributed by atoms with van der Waals surface area (Å²) < 4.78 is 5.18. The fourth-order valence-corrected chi connectivity index (χ4v) is 2.21. The Hall–Kier alpha value is -2.48. The van der Waals surface area contributed by atoms with Gasteiger partial charge in [0.05, 0.1) is 0 Å². The first-order chi connectivity index (χ1) is 10.3. The number of ether oxygens (including phenoxy) is 1. The topological polar surface area (TPSA) is 58.6 Å². The molecule has 0 radical (unpaired) electrons. The molecule has 116 valence electrons. The van der Waals surface area contributed by atoms with Gasteiger partial charge in [0.25, 0.3) is 0 Å². The highest BCUT2D eigenvalue weighted by Crippen LogP contribution is 2.26. The van der Waals surface area contributed by atoms with Crippen molar-refractivity contribution in [2.45, 2.75) is 32.8 Å². The lowest BCUT2D eigenvalue weighted by Gasteiger charge is -2.20. The summed E-state index contributed by atoms with van der Waals surface area (Å²) in [5, 5.41) is 2.65. The number of terminal acetylenes is 1. The third-order valence-corrected chi connectivity index (χ3v) is 3.18. The number of rotatable bonds is 2. The third-order valence-electron chi connectivity index (χ3n) is 3.18. The van der Waals surface area contributed by atoms with Crippen LogP contribution < -0.4 is 10.2 Å². The van der Waals surface area contributed by atoms with Crippen molar-refractivity contribution in [1.82, 2.24) is 0 Å². The van der Waals surface area contributed by atoms with Crippen LogP contribution in [-0.2, 0) is 9.53 Å². The Morgan fingerprint density at radius 3 is 2.50 bits per heavy atom. The zero-order valence-electron chi connectivity index (χ0n) is 13.1. The van der Waals surface area contributed by atoms with Gasteiger partial charge in [-0.2, -0.15) is 0 Å². The first-order valence-electron chi connectivity index (χ1n) is 7.15. The van der Waals surface area contributed by atoms with Crippen molar-refractivity contribution in [2.24, 2.45) is 5.92 Å². The number of hydrogen-bond donors (Lipinski definition) is 1. The summed E-state index contributed by atoms with van der Waals surface area (Å²) in [6.07, 6.45) is 5.25. The summed E-state index contributed by atoms with van der Waals surface area (Å²) in [5.41, 5.74) is 0.839. The lowest BCUT2D eigenvalue weighted by atomic mass is 10.1. The van der Waals surface area contributed by atoms with Crippen molar-refractivity contribution in [2.75, 3.05) is 16.8 Å². The first kappa shape index (κ1) is 15.9. The fraction of sp³-hybridized carbons (Fsp3) is 0.412. The molecule has 1 fully saturated rings. The normalized spacial score (nSPS) is 18.0. The van der Waals surface area contributed by atoms with Crippen LogP contribution in [0.2, 0.25) is 0 Å². The van der Waals surface area contributed by atoms with E-state index in [9.17, 15) is 9.59 Å². The molecule has 0 spiro atoms. The number of nitrogens with zero attached hydrogens (tertiary/aromatic N) is 1. The molecule has 1 heterocycles. The number of hydrogen-bond acceptors (Lipinski definition) is 3. The average Bonchev–Trinajstić information content (AvgIpc) is 2.79. The van der Waals surface area contributed by atoms with E-state index >= 15 is 0 Å². The molecule has 1 aromatic carbocycles. The van der Waals surface area contributed by atoms with E-state index in [0.717, 1.165) is 5.69 Å². The summed E-state index contributed by atoms with van der Waals surface area (Å²) in [4.78, 5) is 25.3. The molecule has 1 aliphatic heterocycles. The van der Waals surface area contributed by atoms with Crippen molar-refractivity contribution in [1.29, 1.82) is 0 Å². The maximum atomic E-state index is 11.9. The molecule has 22 heavy (non-hydrogen) atoms. The predicted molar refractivity (Wildman–Crippen MR) is 85.6 cm³/mol. The van der Waals surface area contributed by atoms with Crippen molar-refractivity contribution in [3.05, 3.63) is 24.3 Å². The van der Waals surface area contributed by atoms with Gasteiger partial charge in [-0.05, 0) is 45.0 Å². The zero-order chi connectivity index (χ0) is 16.3. The van der Waals surface area contributed by atoms with Crippen LogP contribution in [0.1, 0.15) is 27.2 Å². The number of benzene rings is 1. The number of nitrogens with one attached hydrogen (secondary N) is 1. The SMILES string of the molecule is C#CC1CC(=O)N(c2ccc(NC(=O)OC(C)(C)C)cc2)C1. The minimum absolute atomic E-state index is 0.0239. The van der Waals surface area contributed by atoms with Crippen LogP contribution in [-0.4, -0.2) is 24.1 Å². The standard InChI is InChI=1S/C17H20N2O3/c1-5-12-10-15(20)19(11-12)14-8-6-13(7-9-14)18-16(21)22-17(2,3)4/h1,6-9,12H,10-11H2,2-4H3,(H,18,21). The van der Waals surface area contributed by atoms with Gasteiger partial charge in [-0.1, -0.05) is 0 Å². The number of amides is 2. The van der Waals surface area contributed by atoms with E-state index in [4.69, 9.17) is 11.2 Å². The quantitative estimate of drug-likeness (QED) is 0.854. The zero-order valence-corrected chi connectivity index (χ0v) is 13.1. The van der Waals surface area contributed by atoms with Crippen molar-refractivity contribution >= 4 is 23.4 Å². The van der Waals surface area contributed by atoms with Crippen LogP contribution in [0.3, 0.4) is 0 Å². The molecule has 5 nitrogen and oxygen atoms in total. The summed E-state index contributed by atoms with van der Waals surface area (Å²) in [6.45, 7) is 5.94. The molecule has 1 saturated heterocycles. The second kappa shape index (κ2) is 6.10. The number of carbonyl (C=O) groups is 2. The maximum Gasteiger partial charge on any atom is 0.412 e. The van der Waals surface area contributed by atoms with E-state index < -0.39 is 11.7 Å². The molecule has 1 N–H and O–H groups in total. The van der Waals surface area contributed by atoms with Gasteiger partial charge in [-0.25, -0.2) is 4.79 Å². The van der Waals surface area contributed by atoms with Crippen LogP contribution in [0, 0.1) is 18.3 Å². The number of carbonyl (C=O) groups excluding carboxylic acids is 2. The molecule has 5 heteroatoms. The lowest BCUT2D eigenvalue weighted by molar-refractivity contribution is -0.117. The summed E-state index contributed by atoms with van der Waals surface area (Å²) in [5.74, 6) is 2.61. The van der Waals surface area contributed by atoms with E-state index in [-0.39, 0.29) is 11.8 Å². The van der Waals surface area contributed by atoms with Gasteiger partial charge in [0.15, 0.2) is 0 Å². The predicted octanol–water partition coefficient (Wildman–Crippen LogP) is 3.02. The highest BCUT2D eigenvalue weighted by Gasteiger charge is 2.29. The average molecular weight is 300 g/mol. The second-order valence-corrected chi connectivity index (χ2v) is 6.25. The fourth-order valence-electron chi connectivity index (χ4n) is 2.21. The molecular formula is C17H20N2O3. The van der Waals surface area contributed by atoms with Gasteiger partial charge in [0.1, 0.15) is 5.60 Å². The van der Waals surface area contributed by atoms with Crippen molar-refractivity contribution in [3.8, 4) is 12.3 Å². The Morgan fingerprint density at radius 2 is 2.00 bits per heavy atom. The largest absolute Gasteiger partial charge is 0.444 e. The first-order valence-corrected chi connectivity index (χ1v) is 7.15. The van der Waals surface area contributed by atoms with Gasteiger partial charge >= 0.3 is 6.09 Å². The molecule has 1 unspecified atom stereocenters. The van der Waals surface area contributed by atoms with Gasteiger partial charge in [-0.15, -0.1) is 12.3 Å². The van der Waals surface area contributed by atoms with Gasteiger partial charge < -0.3 is 9.64 Å². The second-order valence-electron chi connectivity index (χ2n) is 6.25. The monoisotopic (exact) mass is 300 g/mol. The Morgan fingerprint density at radius 1 is 1.36 bits per heavy atom. The van der Waals surface area contributed by atoms with Gasteiger partial charge in [0.2, 0.25) is 5.91 Å². The molecule has 0 bridgehead atoms. The maximum absolute atomic E-state index is 11.9. The third kappa shape index (κ3) is 4.01.